The molecule has 3 nitrogen and oxygen atoms in total. The summed E-state index contributed by atoms with van der Waals surface area (Å²) in [4.78, 5) is 18.1. The summed E-state index contributed by atoms with van der Waals surface area (Å²) in [5, 5.41) is 4.60. The largest absolute Gasteiger partial charge is 0.321 e. The van der Waals surface area contributed by atoms with Crippen molar-refractivity contribution >= 4 is 61.6 Å². The number of aromatic nitrogens is 1. The molecule has 0 spiro atoms. The van der Waals surface area contributed by atoms with Crippen LogP contribution in [0.4, 0.5) is 5.69 Å². The molecule has 0 aliphatic carbocycles. The van der Waals surface area contributed by atoms with Gasteiger partial charge >= 0.3 is 0 Å². The molecule has 1 heterocycles. The van der Waals surface area contributed by atoms with Gasteiger partial charge in [-0.1, -0.05) is 62.9 Å². The highest BCUT2D eigenvalue weighted by atomic mass is 79.9. The second-order valence-electron chi connectivity index (χ2n) is 7.12. The third-order valence-electron chi connectivity index (χ3n) is 4.81. The minimum Gasteiger partial charge on any atom is -0.321 e. The van der Waals surface area contributed by atoms with Crippen LogP contribution >= 0.6 is 39.1 Å². The smallest absolute Gasteiger partial charge is 0.256 e. The van der Waals surface area contributed by atoms with E-state index in [2.05, 4.69) is 27.3 Å². The Morgan fingerprint density at radius 1 is 0.967 bits per heavy atom. The Kier molecular flexibility index (Phi) is 5.83. The van der Waals surface area contributed by atoms with Gasteiger partial charge in [0, 0.05) is 20.4 Å². The van der Waals surface area contributed by atoms with Gasteiger partial charge < -0.3 is 5.32 Å². The molecule has 0 saturated carbocycles. The molecule has 30 heavy (non-hydrogen) atoms. The summed E-state index contributed by atoms with van der Waals surface area (Å²) < 4.78 is 0.981. The van der Waals surface area contributed by atoms with Gasteiger partial charge in [0.15, 0.2) is 0 Å². The van der Waals surface area contributed by atoms with E-state index in [-0.39, 0.29) is 5.91 Å². The molecule has 0 aliphatic rings. The Morgan fingerprint density at radius 2 is 1.70 bits per heavy atom. The third-order valence-corrected chi connectivity index (χ3v) is 5.89. The monoisotopic (exact) mass is 498 g/mol. The molecule has 1 N–H and O–H groups in total. The predicted octanol–water partition coefficient (Wildman–Crippen LogP) is 7.84. The first-order valence-corrected chi connectivity index (χ1v) is 10.8. The summed E-state index contributed by atoms with van der Waals surface area (Å²) in [6.45, 7) is 4.01. The van der Waals surface area contributed by atoms with E-state index in [1.807, 2.05) is 50.2 Å². The van der Waals surface area contributed by atoms with Crippen molar-refractivity contribution in [3.63, 3.8) is 0 Å². The number of aryl methyl sites for hydroxylation is 2. The van der Waals surface area contributed by atoms with Gasteiger partial charge in [-0.15, -0.1) is 0 Å². The molecule has 0 unspecified atom stereocenters. The van der Waals surface area contributed by atoms with Crippen molar-refractivity contribution < 1.29 is 4.79 Å². The van der Waals surface area contributed by atoms with Crippen LogP contribution in [0.3, 0.4) is 0 Å². The lowest BCUT2D eigenvalue weighted by atomic mass is 9.99. The maximum absolute atomic E-state index is 13.3. The number of hydrogen-bond acceptors (Lipinski definition) is 2. The van der Waals surface area contributed by atoms with E-state index in [0.717, 1.165) is 37.8 Å². The number of benzene rings is 3. The van der Waals surface area contributed by atoms with E-state index < -0.39 is 0 Å². The van der Waals surface area contributed by atoms with Crippen LogP contribution in [-0.2, 0) is 0 Å². The zero-order chi connectivity index (χ0) is 21.4. The molecule has 0 aliphatic heterocycles. The average molecular weight is 500 g/mol. The number of nitrogens with zero attached hydrogens (tertiary/aromatic N) is 1. The van der Waals surface area contributed by atoms with Crippen LogP contribution in [0, 0.1) is 13.8 Å². The normalized spacial score (nSPS) is 11.0. The van der Waals surface area contributed by atoms with Crippen LogP contribution in [0.5, 0.6) is 0 Å². The molecular weight excluding hydrogens is 483 g/mol. The zero-order valence-corrected chi connectivity index (χ0v) is 19.4. The van der Waals surface area contributed by atoms with Crippen LogP contribution in [0.15, 0.2) is 65.1 Å². The number of anilines is 1. The van der Waals surface area contributed by atoms with Crippen molar-refractivity contribution in [3.05, 3.63) is 91.9 Å². The number of rotatable bonds is 3. The number of carbonyl (C=O) groups is 1. The first kappa shape index (κ1) is 20.9. The van der Waals surface area contributed by atoms with Crippen LogP contribution in [0.1, 0.15) is 21.5 Å². The van der Waals surface area contributed by atoms with Crippen LogP contribution < -0.4 is 5.32 Å². The summed E-state index contributed by atoms with van der Waals surface area (Å²) in [5.41, 5.74) is 5.59. The van der Waals surface area contributed by atoms with Gasteiger partial charge in [0.05, 0.1) is 27.5 Å². The number of amides is 1. The second kappa shape index (κ2) is 8.38. The van der Waals surface area contributed by atoms with Gasteiger partial charge in [0.1, 0.15) is 0 Å². The summed E-state index contributed by atoms with van der Waals surface area (Å²) >= 11 is 15.7. The highest BCUT2D eigenvalue weighted by Crippen LogP contribution is 2.31. The molecule has 4 aromatic rings. The summed E-state index contributed by atoms with van der Waals surface area (Å²) in [6.07, 6.45) is 0. The van der Waals surface area contributed by atoms with E-state index in [9.17, 15) is 4.79 Å². The van der Waals surface area contributed by atoms with Gasteiger partial charge in [-0.2, -0.15) is 0 Å². The Morgan fingerprint density at radius 3 is 2.40 bits per heavy atom. The molecule has 0 fully saturated rings. The molecule has 6 heteroatoms. The maximum Gasteiger partial charge on any atom is 0.256 e. The van der Waals surface area contributed by atoms with Crippen molar-refractivity contribution in [2.75, 3.05) is 5.32 Å². The van der Waals surface area contributed by atoms with Gasteiger partial charge in [0.2, 0.25) is 0 Å². The number of hydrogen-bond donors (Lipinski definition) is 1. The lowest BCUT2D eigenvalue weighted by Gasteiger charge is -2.14. The Balaban J connectivity index is 1.87. The Hall–Kier alpha value is -2.40. The lowest BCUT2D eigenvalue weighted by molar-refractivity contribution is 0.102. The van der Waals surface area contributed by atoms with Gasteiger partial charge in [0.25, 0.3) is 5.91 Å². The fourth-order valence-electron chi connectivity index (χ4n) is 3.42. The van der Waals surface area contributed by atoms with E-state index in [1.165, 1.54) is 0 Å². The average Bonchev–Trinajstić information content (AvgIpc) is 2.70. The number of pyridine rings is 1. The molecule has 1 aromatic heterocycles. The summed E-state index contributed by atoms with van der Waals surface area (Å²) in [6, 6.07) is 18.7. The Bertz CT molecular complexity index is 1290. The minimum absolute atomic E-state index is 0.255. The van der Waals surface area contributed by atoms with Crippen molar-refractivity contribution in [1.82, 2.24) is 4.98 Å². The van der Waals surface area contributed by atoms with Gasteiger partial charge in [-0.25, -0.2) is 4.98 Å². The molecule has 3 aromatic carbocycles. The summed E-state index contributed by atoms with van der Waals surface area (Å²) in [7, 11) is 0. The van der Waals surface area contributed by atoms with E-state index >= 15 is 0 Å². The van der Waals surface area contributed by atoms with Crippen molar-refractivity contribution in [2.45, 2.75) is 13.8 Å². The quantitative estimate of drug-likeness (QED) is 0.312. The molecule has 0 saturated heterocycles. The topological polar surface area (TPSA) is 42.0 Å². The van der Waals surface area contributed by atoms with Crippen LogP contribution in [0.2, 0.25) is 10.0 Å². The molecular formula is C24H17BrCl2N2O. The fraction of sp³-hybridized carbons (Fsp3) is 0.0833. The number of halogens is 3. The van der Waals surface area contributed by atoms with Crippen LogP contribution in [0.25, 0.3) is 22.2 Å². The number of nitrogens with one attached hydrogen (secondary N) is 1. The molecule has 1 amide bonds. The molecule has 0 bridgehead atoms. The standard InChI is InChI=1S/C24H17BrCl2N2O/c1-13-9-14(2)23-18(10-13)19(12-22(28-23)15-3-5-16(25)6-4-15)24(30)29-21-8-7-17(26)11-20(21)27/h3-12H,1-2H3,(H,29,30). The predicted molar refractivity (Wildman–Crippen MR) is 129 cm³/mol. The van der Waals surface area contributed by atoms with E-state index in [1.54, 1.807) is 18.2 Å². The third kappa shape index (κ3) is 4.22. The van der Waals surface area contributed by atoms with Crippen LogP contribution in [-0.4, -0.2) is 10.9 Å². The SMILES string of the molecule is Cc1cc(C)c2nc(-c3ccc(Br)cc3)cc(C(=O)Nc3ccc(Cl)cc3Cl)c2c1. The molecule has 150 valence electrons. The van der Waals surface area contributed by atoms with Crippen molar-refractivity contribution in [1.29, 1.82) is 0 Å². The van der Waals surface area contributed by atoms with E-state index in [4.69, 9.17) is 28.2 Å². The number of fused-ring (bicyclic) bond motifs is 1. The second-order valence-corrected chi connectivity index (χ2v) is 8.88. The highest BCUT2D eigenvalue weighted by Gasteiger charge is 2.17. The van der Waals surface area contributed by atoms with Crippen molar-refractivity contribution in [3.8, 4) is 11.3 Å². The maximum atomic E-state index is 13.3. The van der Waals surface area contributed by atoms with Gasteiger partial charge in [-0.3, -0.25) is 4.79 Å². The lowest BCUT2D eigenvalue weighted by Crippen LogP contribution is -2.13. The van der Waals surface area contributed by atoms with Crippen molar-refractivity contribution in [2.24, 2.45) is 0 Å². The molecule has 0 radical (unpaired) electrons. The Labute approximate surface area is 193 Å². The zero-order valence-electron chi connectivity index (χ0n) is 16.3. The van der Waals surface area contributed by atoms with E-state index in [0.29, 0.717) is 21.3 Å². The first-order valence-electron chi connectivity index (χ1n) is 9.26. The molecule has 0 atom stereocenters. The summed E-state index contributed by atoms with van der Waals surface area (Å²) in [5.74, 6) is -0.255. The minimum atomic E-state index is -0.255. The fourth-order valence-corrected chi connectivity index (χ4v) is 4.14. The van der Waals surface area contributed by atoms with Gasteiger partial charge in [-0.05, 0) is 61.9 Å². The highest BCUT2D eigenvalue weighted by molar-refractivity contribution is 9.10. The molecule has 4 rings (SSSR count). The number of carbonyl (C=O) groups excluding carboxylic acids is 1. The first-order chi connectivity index (χ1) is 14.3.